The number of anilines is 1. The third kappa shape index (κ3) is 7.46. The number of para-hydroxylation sites is 1. The molecule has 2 rings (SSSR count). The Balaban J connectivity index is 2.44. The Kier molecular flexibility index (Phi) is 9.94. The third-order valence-corrected chi connectivity index (χ3v) is 6.83. The molecular weight excluding hydrogens is 474 g/mol. The average molecular weight is 508 g/mol. The first-order valence-electron chi connectivity index (χ1n) is 11.3. The second-order valence-corrected chi connectivity index (χ2v) is 10.9. The van der Waals surface area contributed by atoms with Crippen molar-refractivity contribution in [1.29, 1.82) is 0 Å². The van der Waals surface area contributed by atoms with Gasteiger partial charge in [-0.2, -0.15) is 0 Å². The molecule has 0 aliphatic rings. The minimum Gasteiger partial charge on any atom is -0.354 e. The molecule has 0 aromatic heterocycles. The molecule has 186 valence electrons. The van der Waals surface area contributed by atoms with Gasteiger partial charge in [-0.15, -0.1) is 0 Å². The fraction of sp³-hybridized carbons (Fsp3) is 0.440. The van der Waals surface area contributed by atoms with Crippen LogP contribution in [0.5, 0.6) is 0 Å². The van der Waals surface area contributed by atoms with Crippen LogP contribution in [0.15, 0.2) is 48.5 Å². The Morgan fingerprint density at radius 1 is 1.06 bits per heavy atom. The van der Waals surface area contributed by atoms with Crippen LogP contribution in [0.2, 0.25) is 5.02 Å². The summed E-state index contributed by atoms with van der Waals surface area (Å²) in [5.74, 6) is -0.731. The Morgan fingerprint density at radius 3 is 2.32 bits per heavy atom. The molecule has 0 saturated heterocycles. The van der Waals surface area contributed by atoms with E-state index in [2.05, 4.69) is 5.32 Å². The lowest BCUT2D eigenvalue weighted by Crippen LogP contribution is -2.51. The van der Waals surface area contributed by atoms with Crippen LogP contribution in [0.25, 0.3) is 0 Å². The molecule has 9 heteroatoms. The van der Waals surface area contributed by atoms with E-state index in [1.165, 1.54) is 4.90 Å². The number of carbonyl (C=O) groups is 2. The van der Waals surface area contributed by atoms with Crippen molar-refractivity contribution in [3.63, 3.8) is 0 Å². The lowest BCUT2D eigenvalue weighted by atomic mass is 10.0. The molecular formula is C25H34ClN3O4S. The van der Waals surface area contributed by atoms with E-state index in [9.17, 15) is 18.0 Å². The summed E-state index contributed by atoms with van der Waals surface area (Å²) in [5.41, 5.74) is 2.01. The molecule has 0 bridgehead atoms. The van der Waals surface area contributed by atoms with E-state index in [4.69, 9.17) is 11.6 Å². The van der Waals surface area contributed by atoms with Crippen molar-refractivity contribution in [3.8, 4) is 0 Å². The molecule has 1 atom stereocenters. The van der Waals surface area contributed by atoms with Crippen LogP contribution in [0.1, 0.15) is 51.2 Å². The number of benzene rings is 2. The number of hydrogen-bond donors (Lipinski definition) is 1. The summed E-state index contributed by atoms with van der Waals surface area (Å²) in [6.45, 7) is 7.69. The topological polar surface area (TPSA) is 86.8 Å². The first-order valence-corrected chi connectivity index (χ1v) is 13.6. The number of rotatable bonds is 11. The highest BCUT2D eigenvalue weighted by Gasteiger charge is 2.31. The van der Waals surface area contributed by atoms with Gasteiger partial charge in [0, 0.05) is 18.1 Å². The smallest absolute Gasteiger partial charge is 0.244 e. The maximum absolute atomic E-state index is 13.6. The minimum absolute atomic E-state index is 0.0526. The molecule has 2 aromatic rings. The zero-order chi connectivity index (χ0) is 25.5. The summed E-state index contributed by atoms with van der Waals surface area (Å²) in [4.78, 5) is 27.7. The quantitative estimate of drug-likeness (QED) is 0.494. The van der Waals surface area contributed by atoms with Gasteiger partial charge in [0.25, 0.3) is 0 Å². The van der Waals surface area contributed by atoms with Crippen molar-refractivity contribution >= 4 is 39.1 Å². The molecule has 0 radical (unpaired) electrons. The summed E-state index contributed by atoms with van der Waals surface area (Å²) < 4.78 is 26.7. The van der Waals surface area contributed by atoms with Crippen LogP contribution in [0.3, 0.4) is 0 Å². The zero-order valence-electron chi connectivity index (χ0n) is 20.4. The second-order valence-electron chi connectivity index (χ2n) is 8.60. The number of amides is 2. The maximum atomic E-state index is 13.6. The fourth-order valence-electron chi connectivity index (χ4n) is 3.61. The number of sulfonamides is 1. The van der Waals surface area contributed by atoms with Crippen LogP contribution < -0.4 is 9.62 Å². The monoisotopic (exact) mass is 507 g/mol. The Labute approximate surface area is 208 Å². The molecule has 0 heterocycles. The fourth-order valence-corrected chi connectivity index (χ4v) is 4.69. The maximum Gasteiger partial charge on any atom is 0.244 e. The summed E-state index contributed by atoms with van der Waals surface area (Å²) in [5, 5.41) is 3.32. The number of halogens is 1. The van der Waals surface area contributed by atoms with Crippen molar-refractivity contribution in [3.05, 3.63) is 64.7 Å². The number of nitrogens with one attached hydrogen (secondary N) is 1. The molecule has 0 aliphatic carbocycles. The van der Waals surface area contributed by atoms with Gasteiger partial charge in [-0.3, -0.25) is 13.9 Å². The Bertz CT molecular complexity index is 1100. The van der Waals surface area contributed by atoms with Gasteiger partial charge in [0.05, 0.1) is 11.9 Å². The molecule has 34 heavy (non-hydrogen) atoms. The van der Waals surface area contributed by atoms with E-state index in [1.54, 1.807) is 37.3 Å². The molecule has 7 nitrogen and oxygen atoms in total. The van der Waals surface area contributed by atoms with E-state index < -0.39 is 28.5 Å². The van der Waals surface area contributed by atoms with Gasteiger partial charge in [0.15, 0.2) is 0 Å². The van der Waals surface area contributed by atoms with Crippen LogP contribution in [-0.2, 0) is 26.2 Å². The highest BCUT2D eigenvalue weighted by molar-refractivity contribution is 7.92. The lowest BCUT2D eigenvalue weighted by Gasteiger charge is -2.32. The Morgan fingerprint density at radius 2 is 1.74 bits per heavy atom. The molecule has 1 N–H and O–H groups in total. The largest absolute Gasteiger partial charge is 0.354 e. The van der Waals surface area contributed by atoms with Crippen molar-refractivity contribution < 1.29 is 18.0 Å². The molecule has 0 saturated carbocycles. The molecule has 1 unspecified atom stereocenters. The molecule has 0 fully saturated rings. The van der Waals surface area contributed by atoms with E-state index >= 15 is 0 Å². The summed E-state index contributed by atoms with van der Waals surface area (Å²) in [6, 6.07) is 13.4. The summed E-state index contributed by atoms with van der Waals surface area (Å²) >= 11 is 6.12. The lowest BCUT2D eigenvalue weighted by molar-refractivity contribution is -0.139. The van der Waals surface area contributed by atoms with Crippen molar-refractivity contribution in [2.24, 2.45) is 0 Å². The first kappa shape index (κ1) is 27.7. The van der Waals surface area contributed by atoms with Crippen molar-refractivity contribution in [2.45, 2.75) is 52.6 Å². The zero-order valence-corrected chi connectivity index (χ0v) is 22.0. The van der Waals surface area contributed by atoms with Crippen LogP contribution in [-0.4, -0.2) is 50.5 Å². The highest BCUT2D eigenvalue weighted by Crippen LogP contribution is 2.29. The Hall–Kier alpha value is -2.58. The highest BCUT2D eigenvalue weighted by atomic mass is 35.5. The van der Waals surface area contributed by atoms with Crippen molar-refractivity contribution in [2.75, 3.05) is 23.7 Å². The van der Waals surface area contributed by atoms with Gasteiger partial charge in [-0.25, -0.2) is 8.42 Å². The number of carbonyl (C=O) groups excluding carboxylic acids is 2. The summed E-state index contributed by atoms with van der Waals surface area (Å²) in [7, 11) is -3.78. The molecule has 2 amide bonds. The van der Waals surface area contributed by atoms with Gasteiger partial charge in [-0.05, 0) is 48.6 Å². The molecule has 0 spiro atoms. The van der Waals surface area contributed by atoms with E-state index in [-0.39, 0.29) is 18.4 Å². The molecule has 2 aromatic carbocycles. The van der Waals surface area contributed by atoms with Gasteiger partial charge in [-0.1, -0.05) is 62.7 Å². The van der Waals surface area contributed by atoms with Crippen LogP contribution in [0.4, 0.5) is 5.69 Å². The van der Waals surface area contributed by atoms with Crippen molar-refractivity contribution in [1.82, 2.24) is 10.2 Å². The SMILES string of the molecule is CCCNC(=O)C(C)N(Cc1cccc(Cl)c1)C(=O)CN(c1ccccc1C(C)C)S(C)(=O)=O. The summed E-state index contributed by atoms with van der Waals surface area (Å²) in [6.07, 6.45) is 1.84. The van der Waals surface area contributed by atoms with E-state index in [1.807, 2.05) is 39.0 Å². The van der Waals surface area contributed by atoms with Gasteiger partial charge < -0.3 is 10.2 Å². The molecule has 0 aliphatic heterocycles. The van der Waals surface area contributed by atoms with Crippen LogP contribution >= 0.6 is 11.6 Å². The minimum atomic E-state index is -3.78. The number of nitrogens with zero attached hydrogens (tertiary/aromatic N) is 2. The average Bonchev–Trinajstić information content (AvgIpc) is 2.78. The van der Waals surface area contributed by atoms with Crippen LogP contribution in [0, 0.1) is 0 Å². The van der Waals surface area contributed by atoms with Gasteiger partial charge in [0.2, 0.25) is 21.8 Å². The van der Waals surface area contributed by atoms with E-state index in [0.29, 0.717) is 17.3 Å². The second kappa shape index (κ2) is 12.2. The predicted octanol–water partition coefficient (Wildman–Crippen LogP) is 4.17. The van der Waals surface area contributed by atoms with Gasteiger partial charge >= 0.3 is 0 Å². The normalized spacial score (nSPS) is 12.3. The number of hydrogen-bond acceptors (Lipinski definition) is 4. The van der Waals surface area contributed by atoms with Gasteiger partial charge in [0.1, 0.15) is 12.6 Å². The van der Waals surface area contributed by atoms with E-state index in [0.717, 1.165) is 28.1 Å². The first-order chi connectivity index (χ1) is 16.0. The third-order valence-electron chi connectivity index (χ3n) is 5.47. The standard InChI is InChI=1S/C25H34ClN3O4S/c1-6-14-27-25(31)19(4)28(16-20-10-9-11-21(26)15-20)24(30)17-29(34(5,32)33)23-13-8-7-12-22(23)18(2)3/h7-13,15,18-19H,6,14,16-17H2,1-5H3,(H,27,31). The predicted molar refractivity (Wildman–Crippen MR) is 137 cm³/mol.